The monoisotopic (exact) mass is 278 g/mol. The molecule has 0 amide bonds. The van der Waals surface area contributed by atoms with Crippen LogP contribution in [0.5, 0.6) is 0 Å². The first-order valence-corrected chi connectivity index (χ1v) is 6.16. The fourth-order valence-corrected chi connectivity index (χ4v) is 2.59. The van der Waals surface area contributed by atoms with Gasteiger partial charge >= 0.3 is 0 Å². The highest BCUT2D eigenvalue weighted by atomic mass is 79.9. The fraction of sp³-hybridized carbons (Fsp3) is 0.333. The van der Waals surface area contributed by atoms with Crippen LogP contribution in [0.2, 0.25) is 0 Å². The number of ether oxygens (including phenoxy) is 1. The van der Waals surface area contributed by atoms with Gasteiger partial charge in [0.25, 0.3) is 0 Å². The van der Waals surface area contributed by atoms with Crippen molar-refractivity contribution >= 4 is 26.8 Å². The van der Waals surface area contributed by atoms with Gasteiger partial charge in [0.05, 0.1) is 11.2 Å². The molecule has 4 heteroatoms. The molecule has 1 saturated heterocycles. The van der Waals surface area contributed by atoms with Crippen molar-refractivity contribution < 1.29 is 4.74 Å². The van der Waals surface area contributed by atoms with Gasteiger partial charge in [-0.25, -0.2) is 9.97 Å². The highest BCUT2D eigenvalue weighted by molar-refractivity contribution is 9.10. The van der Waals surface area contributed by atoms with E-state index >= 15 is 0 Å². The van der Waals surface area contributed by atoms with Crippen LogP contribution in [0, 0.1) is 0 Å². The topological polar surface area (TPSA) is 35.0 Å². The smallest absolute Gasteiger partial charge is 0.116 e. The Kier molecular flexibility index (Phi) is 2.61. The zero-order valence-corrected chi connectivity index (χ0v) is 10.3. The SMILES string of the molecule is Brc1cccc2c(C3CCCO3)ncnc12. The summed E-state index contributed by atoms with van der Waals surface area (Å²) in [5.41, 5.74) is 1.98. The largest absolute Gasteiger partial charge is 0.372 e. The summed E-state index contributed by atoms with van der Waals surface area (Å²) in [5, 5.41) is 1.09. The van der Waals surface area contributed by atoms with Gasteiger partial charge in [0.1, 0.15) is 12.4 Å². The summed E-state index contributed by atoms with van der Waals surface area (Å²) in [6, 6.07) is 6.06. The second kappa shape index (κ2) is 4.11. The van der Waals surface area contributed by atoms with E-state index in [1.165, 1.54) is 0 Å². The number of para-hydroxylation sites is 1. The minimum Gasteiger partial charge on any atom is -0.372 e. The first kappa shape index (κ1) is 10.2. The number of hydrogen-bond acceptors (Lipinski definition) is 3. The molecule has 1 aromatic carbocycles. The van der Waals surface area contributed by atoms with Crippen molar-refractivity contribution in [1.29, 1.82) is 0 Å². The third kappa shape index (κ3) is 1.62. The molecule has 16 heavy (non-hydrogen) atoms. The zero-order chi connectivity index (χ0) is 11.0. The van der Waals surface area contributed by atoms with Crippen molar-refractivity contribution in [3.63, 3.8) is 0 Å². The van der Waals surface area contributed by atoms with E-state index in [9.17, 15) is 0 Å². The van der Waals surface area contributed by atoms with Gasteiger partial charge in [-0.2, -0.15) is 0 Å². The van der Waals surface area contributed by atoms with Crippen molar-refractivity contribution in [2.75, 3.05) is 6.61 Å². The minimum atomic E-state index is 0.139. The number of halogens is 1. The molecule has 1 atom stereocenters. The van der Waals surface area contributed by atoms with Crippen molar-refractivity contribution in [1.82, 2.24) is 9.97 Å². The molecule has 1 fully saturated rings. The lowest BCUT2D eigenvalue weighted by molar-refractivity contribution is 0.110. The molecule has 0 N–H and O–H groups in total. The van der Waals surface area contributed by atoms with Crippen molar-refractivity contribution in [3.8, 4) is 0 Å². The van der Waals surface area contributed by atoms with Crippen LogP contribution >= 0.6 is 15.9 Å². The average molecular weight is 279 g/mol. The molecule has 2 heterocycles. The molecule has 1 aliphatic heterocycles. The van der Waals surface area contributed by atoms with E-state index in [0.29, 0.717) is 0 Å². The van der Waals surface area contributed by atoms with Crippen LogP contribution in [0.15, 0.2) is 29.0 Å². The highest BCUT2D eigenvalue weighted by Crippen LogP contribution is 2.32. The van der Waals surface area contributed by atoms with Crippen LogP contribution < -0.4 is 0 Å². The summed E-state index contributed by atoms with van der Waals surface area (Å²) < 4.78 is 6.69. The Bertz CT molecular complexity index is 523. The number of aromatic nitrogens is 2. The van der Waals surface area contributed by atoms with Crippen LogP contribution in [0.3, 0.4) is 0 Å². The maximum atomic E-state index is 5.68. The number of benzene rings is 1. The zero-order valence-electron chi connectivity index (χ0n) is 8.69. The van der Waals surface area contributed by atoms with Gasteiger partial charge in [0, 0.05) is 16.5 Å². The fourth-order valence-electron chi connectivity index (χ4n) is 2.12. The van der Waals surface area contributed by atoms with Crippen LogP contribution in [0.25, 0.3) is 10.9 Å². The van der Waals surface area contributed by atoms with Gasteiger partial charge in [-0.15, -0.1) is 0 Å². The van der Waals surface area contributed by atoms with Crippen LogP contribution in [-0.4, -0.2) is 16.6 Å². The Labute approximate surface area is 102 Å². The van der Waals surface area contributed by atoms with E-state index < -0.39 is 0 Å². The summed E-state index contributed by atoms with van der Waals surface area (Å²) in [4.78, 5) is 8.67. The average Bonchev–Trinajstić information content (AvgIpc) is 2.82. The highest BCUT2D eigenvalue weighted by Gasteiger charge is 2.21. The summed E-state index contributed by atoms with van der Waals surface area (Å²) in [6.45, 7) is 0.837. The van der Waals surface area contributed by atoms with Gasteiger partial charge in [-0.1, -0.05) is 12.1 Å². The van der Waals surface area contributed by atoms with Crippen molar-refractivity contribution in [2.24, 2.45) is 0 Å². The molecule has 3 rings (SSSR count). The molecule has 82 valence electrons. The molecular weight excluding hydrogens is 268 g/mol. The van der Waals surface area contributed by atoms with E-state index in [2.05, 4.69) is 32.0 Å². The lowest BCUT2D eigenvalue weighted by atomic mass is 10.1. The molecule has 1 aromatic heterocycles. The molecule has 0 aliphatic carbocycles. The molecule has 1 aliphatic rings. The lowest BCUT2D eigenvalue weighted by Crippen LogP contribution is -2.01. The van der Waals surface area contributed by atoms with Crippen LogP contribution in [-0.2, 0) is 4.74 Å². The molecule has 0 spiro atoms. The third-order valence-corrected chi connectivity index (χ3v) is 3.52. The predicted molar refractivity (Wildman–Crippen MR) is 65.2 cm³/mol. The summed E-state index contributed by atoms with van der Waals surface area (Å²) >= 11 is 3.51. The van der Waals surface area contributed by atoms with Gasteiger partial charge < -0.3 is 4.74 Å². The summed E-state index contributed by atoms with van der Waals surface area (Å²) in [7, 11) is 0. The maximum absolute atomic E-state index is 5.68. The van der Waals surface area contributed by atoms with Gasteiger partial charge in [-0.3, -0.25) is 0 Å². The molecule has 1 unspecified atom stereocenters. The third-order valence-electron chi connectivity index (χ3n) is 2.88. The summed E-state index contributed by atoms with van der Waals surface area (Å²) in [6.07, 6.45) is 3.92. The second-order valence-corrected chi connectivity index (χ2v) is 4.75. The van der Waals surface area contributed by atoms with Crippen molar-refractivity contribution in [3.05, 3.63) is 34.7 Å². The first-order chi connectivity index (χ1) is 7.86. The molecule has 3 nitrogen and oxygen atoms in total. The van der Waals surface area contributed by atoms with Gasteiger partial charge in [0.15, 0.2) is 0 Å². The van der Waals surface area contributed by atoms with Crippen molar-refractivity contribution in [2.45, 2.75) is 18.9 Å². The Morgan fingerprint density at radius 1 is 1.31 bits per heavy atom. The Balaban J connectivity index is 2.20. The van der Waals surface area contributed by atoms with E-state index in [1.807, 2.05) is 12.1 Å². The number of fused-ring (bicyclic) bond motifs is 1. The van der Waals surface area contributed by atoms with Gasteiger partial charge in [0.2, 0.25) is 0 Å². The standard InChI is InChI=1S/C12H11BrN2O/c13-9-4-1-3-8-11(9)14-7-15-12(8)10-5-2-6-16-10/h1,3-4,7,10H,2,5-6H2. The number of nitrogens with zero attached hydrogens (tertiary/aromatic N) is 2. The van der Waals surface area contributed by atoms with E-state index in [4.69, 9.17) is 4.74 Å². The Morgan fingerprint density at radius 3 is 3.06 bits per heavy atom. The minimum absolute atomic E-state index is 0.139. The Hall–Kier alpha value is -1.00. The number of rotatable bonds is 1. The van der Waals surface area contributed by atoms with E-state index in [-0.39, 0.29) is 6.10 Å². The molecular formula is C12H11BrN2O. The van der Waals surface area contributed by atoms with E-state index in [1.54, 1.807) is 6.33 Å². The quantitative estimate of drug-likeness (QED) is 0.803. The molecule has 2 aromatic rings. The normalized spacial score (nSPS) is 20.4. The predicted octanol–water partition coefficient (Wildman–Crippen LogP) is 3.24. The van der Waals surface area contributed by atoms with E-state index in [0.717, 1.165) is 40.5 Å². The van der Waals surface area contributed by atoms with Crippen LogP contribution in [0.4, 0.5) is 0 Å². The lowest BCUT2D eigenvalue weighted by Gasteiger charge is -2.11. The molecule has 0 radical (unpaired) electrons. The van der Waals surface area contributed by atoms with Gasteiger partial charge in [-0.05, 0) is 34.8 Å². The molecule has 0 bridgehead atoms. The first-order valence-electron chi connectivity index (χ1n) is 5.37. The summed E-state index contributed by atoms with van der Waals surface area (Å²) in [5.74, 6) is 0. The van der Waals surface area contributed by atoms with Crippen LogP contribution in [0.1, 0.15) is 24.6 Å². The maximum Gasteiger partial charge on any atom is 0.116 e. The molecule has 0 saturated carbocycles. The second-order valence-electron chi connectivity index (χ2n) is 3.90. The number of hydrogen-bond donors (Lipinski definition) is 0. The Morgan fingerprint density at radius 2 is 2.25 bits per heavy atom.